The summed E-state index contributed by atoms with van der Waals surface area (Å²) in [4.78, 5) is 20.0. The van der Waals surface area contributed by atoms with E-state index in [1.54, 1.807) is 18.4 Å². The van der Waals surface area contributed by atoms with Gasteiger partial charge in [0.2, 0.25) is 5.91 Å². The molecule has 2 N–H and O–H groups in total. The van der Waals surface area contributed by atoms with Gasteiger partial charge in [0.15, 0.2) is 5.96 Å². The van der Waals surface area contributed by atoms with E-state index in [2.05, 4.69) is 27.1 Å². The average molecular weight is 522 g/mol. The Morgan fingerprint density at radius 1 is 1.43 bits per heavy atom. The number of hydrogen-bond donors (Lipinski definition) is 2. The van der Waals surface area contributed by atoms with Crippen molar-refractivity contribution in [2.75, 3.05) is 46.5 Å². The summed E-state index contributed by atoms with van der Waals surface area (Å²) >= 11 is 1.79. The van der Waals surface area contributed by atoms with Crippen LogP contribution >= 0.6 is 35.3 Å². The molecule has 1 amide bonds. The van der Waals surface area contributed by atoms with Crippen LogP contribution in [0.1, 0.15) is 29.7 Å². The first-order valence-electron chi connectivity index (χ1n) is 9.73. The van der Waals surface area contributed by atoms with E-state index in [9.17, 15) is 4.79 Å². The summed E-state index contributed by atoms with van der Waals surface area (Å²) in [5.74, 6) is 0.924. The van der Waals surface area contributed by atoms with Crippen LogP contribution in [-0.4, -0.2) is 69.4 Å². The topological polar surface area (TPSA) is 75.2 Å². The van der Waals surface area contributed by atoms with Gasteiger partial charge in [-0.05, 0) is 36.3 Å². The maximum Gasteiger partial charge on any atom is 0.224 e. The molecule has 2 aliphatic heterocycles. The number of hydrogen-bond acceptors (Lipinski definition) is 5. The van der Waals surface area contributed by atoms with E-state index >= 15 is 0 Å². The first-order chi connectivity index (χ1) is 13.3. The number of nitrogens with zero attached hydrogens (tertiary/aromatic N) is 2. The molecule has 1 atom stereocenters. The Morgan fingerprint density at radius 3 is 3.07 bits per heavy atom. The summed E-state index contributed by atoms with van der Waals surface area (Å²) in [5, 5.41) is 8.59. The second-order valence-corrected chi connectivity index (χ2v) is 7.82. The lowest BCUT2D eigenvalue weighted by molar-refractivity contribution is -0.131. The van der Waals surface area contributed by atoms with Gasteiger partial charge in [0, 0.05) is 57.7 Å². The van der Waals surface area contributed by atoms with Crippen molar-refractivity contribution >= 4 is 47.2 Å². The van der Waals surface area contributed by atoms with Crippen molar-refractivity contribution in [1.82, 2.24) is 15.5 Å². The predicted molar refractivity (Wildman–Crippen MR) is 123 cm³/mol. The smallest absolute Gasteiger partial charge is 0.224 e. The molecule has 3 rings (SSSR count). The molecule has 9 heteroatoms. The Kier molecular flexibility index (Phi) is 10.5. The molecule has 2 aliphatic rings. The van der Waals surface area contributed by atoms with Crippen LogP contribution in [0.5, 0.6) is 0 Å². The number of rotatable bonds is 8. The van der Waals surface area contributed by atoms with E-state index in [1.807, 2.05) is 4.90 Å². The molecule has 0 saturated carbocycles. The largest absolute Gasteiger partial charge is 0.379 e. The monoisotopic (exact) mass is 522 g/mol. The highest BCUT2D eigenvalue weighted by molar-refractivity contribution is 14.0. The van der Waals surface area contributed by atoms with Gasteiger partial charge in [-0.25, -0.2) is 0 Å². The minimum atomic E-state index is 0. The molecule has 7 nitrogen and oxygen atoms in total. The van der Waals surface area contributed by atoms with Crippen molar-refractivity contribution in [3.63, 3.8) is 0 Å². The van der Waals surface area contributed by atoms with Crippen molar-refractivity contribution in [3.05, 3.63) is 21.9 Å². The van der Waals surface area contributed by atoms with Crippen molar-refractivity contribution in [3.8, 4) is 0 Å². The number of thiophene rings is 1. The van der Waals surface area contributed by atoms with Gasteiger partial charge in [-0.2, -0.15) is 0 Å². The van der Waals surface area contributed by atoms with Crippen LogP contribution in [0, 0.1) is 0 Å². The Morgan fingerprint density at radius 2 is 2.29 bits per heavy atom. The Balaban J connectivity index is 0.00000280. The lowest BCUT2D eigenvalue weighted by Crippen LogP contribution is -2.41. The van der Waals surface area contributed by atoms with Crippen molar-refractivity contribution < 1.29 is 14.3 Å². The van der Waals surface area contributed by atoms with Gasteiger partial charge in [0.1, 0.15) is 0 Å². The summed E-state index contributed by atoms with van der Waals surface area (Å²) in [6, 6.07) is 2.13. The van der Waals surface area contributed by atoms with Crippen LogP contribution in [-0.2, 0) is 27.2 Å². The molecule has 0 radical (unpaired) electrons. The first kappa shape index (κ1) is 23.4. The molecule has 1 unspecified atom stereocenters. The Labute approximate surface area is 188 Å². The maximum atomic E-state index is 12.4. The summed E-state index contributed by atoms with van der Waals surface area (Å²) < 4.78 is 11.0. The number of carbonyl (C=O) groups is 1. The van der Waals surface area contributed by atoms with Gasteiger partial charge in [0.05, 0.1) is 12.7 Å². The fourth-order valence-electron chi connectivity index (χ4n) is 3.30. The highest BCUT2D eigenvalue weighted by Gasteiger charge is 2.21. The summed E-state index contributed by atoms with van der Waals surface area (Å²) in [6.07, 6.45) is 3.62. The molecule has 3 heterocycles. The second-order valence-electron chi connectivity index (χ2n) is 6.82. The van der Waals surface area contributed by atoms with E-state index < -0.39 is 0 Å². The number of ether oxygens (including phenoxy) is 2. The standard InChI is InChI=1S/C19H30N4O3S.HI/c1-20-19(21-7-2-10-26-16-5-11-25-14-16)22-8-3-18(24)23-9-4-17-15(13-23)6-12-27-17;/h6,12,16H,2-5,7-11,13-14H2,1H3,(H2,20,21,22);1H. The van der Waals surface area contributed by atoms with Crippen LogP contribution in [0.25, 0.3) is 0 Å². The number of nitrogens with one attached hydrogen (secondary N) is 2. The number of aliphatic imine (C=N–C) groups is 1. The predicted octanol–water partition coefficient (Wildman–Crippen LogP) is 2.00. The number of carbonyl (C=O) groups excluding carboxylic acids is 1. The molecular formula is C19H31IN4O3S. The van der Waals surface area contributed by atoms with E-state index in [4.69, 9.17) is 9.47 Å². The minimum absolute atomic E-state index is 0. The van der Waals surface area contributed by atoms with Crippen molar-refractivity contribution in [2.24, 2.45) is 4.99 Å². The summed E-state index contributed by atoms with van der Waals surface area (Å²) in [6.45, 7) is 5.19. The van der Waals surface area contributed by atoms with E-state index in [0.717, 1.165) is 64.7 Å². The fraction of sp³-hybridized carbons (Fsp3) is 0.684. The third-order valence-corrected chi connectivity index (χ3v) is 5.89. The molecule has 1 fully saturated rings. The molecule has 1 aromatic heterocycles. The lowest BCUT2D eigenvalue weighted by atomic mass is 10.1. The van der Waals surface area contributed by atoms with Gasteiger partial charge >= 0.3 is 0 Å². The van der Waals surface area contributed by atoms with Gasteiger partial charge < -0.3 is 25.0 Å². The number of guanidine groups is 1. The molecule has 28 heavy (non-hydrogen) atoms. The van der Waals surface area contributed by atoms with Crippen LogP contribution in [0.4, 0.5) is 0 Å². The zero-order valence-corrected chi connectivity index (χ0v) is 19.6. The molecule has 0 spiro atoms. The lowest BCUT2D eigenvalue weighted by Gasteiger charge is -2.27. The van der Waals surface area contributed by atoms with Gasteiger partial charge in [-0.1, -0.05) is 0 Å². The Hall–Kier alpha value is -0.910. The zero-order chi connectivity index (χ0) is 18.9. The maximum absolute atomic E-state index is 12.4. The third-order valence-electron chi connectivity index (χ3n) is 4.87. The SMILES string of the molecule is CN=C(NCCCOC1CCOC1)NCCC(=O)N1CCc2sccc2C1.I. The van der Waals surface area contributed by atoms with E-state index in [-0.39, 0.29) is 36.0 Å². The van der Waals surface area contributed by atoms with Crippen molar-refractivity contribution in [2.45, 2.75) is 38.3 Å². The number of halogens is 1. The Bertz CT molecular complexity index is 634. The summed E-state index contributed by atoms with van der Waals surface area (Å²) in [7, 11) is 1.74. The van der Waals surface area contributed by atoms with Crippen LogP contribution in [0.3, 0.4) is 0 Å². The summed E-state index contributed by atoms with van der Waals surface area (Å²) in [5.41, 5.74) is 1.30. The third kappa shape index (κ3) is 7.16. The second kappa shape index (κ2) is 12.6. The number of amides is 1. The van der Waals surface area contributed by atoms with Crippen molar-refractivity contribution in [1.29, 1.82) is 0 Å². The van der Waals surface area contributed by atoms with Crippen LogP contribution in [0.2, 0.25) is 0 Å². The molecule has 0 bridgehead atoms. The average Bonchev–Trinajstić information content (AvgIpc) is 3.37. The quantitative estimate of drug-likeness (QED) is 0.237. The molecule has 1 aromatic rings. The van der Waals surface area contributed by atoms with E-state index in [0.29, 0.717) is 13.0 Å². The molecule has 158 valence electrons. The van der Waals surface area contributed by atoms with E-state index in [1.165, 1.54) is 10.4 Å². The molecular weight excluding hydrogens is 491 g/mol. The van der Waals surface area contributed by atoms with Gasteiger partial charge in [0.25, 0.3) is 0 Å². The van der Waals surface area contributed by atoms with Crippen LogP contribution in [0.15, 0.2) is 16.4 Å². The number of fused-ring (bicyclic) bond motifs is 1. The van der Waals surface area contributed by atoms with Crippen LogP contribution < -0.4 is 10.6 Å². The first-order valence-corrected chi connectivity index (χ1v) is 10.6. The highest BCUT2D eigenvalue weighted by atomic mass is 127. The molecule has 1 saturated heterocycles. The fourth-order valence-corrected chi connectivity index (χ4v) is 4.19. The highest BCUT2D eigenvalue weighted by Crippen LogP contribution is 2.24. The zero-order valence-electron chi connectivity index (χ0n) is 16.4. The van der Waals surface area contributed by atoms with Gasteiger partial charge in [-0.3, -0.25) is 9.79 Å². The minimum Gasteiger partial charge on any atom is -0.379 e. The molecule has 0 aliphatic carbocycles. The molecule has 0 aromatic carbocycles. The van der Waals surface area contributed by atoms with Gasteiger partial charge in [-0.15, -0.1) is 35.3 Å². The normalized spacial score (nSPS) is 19.1.